The van der Waals surface area contributed by atoms with Crippen molar-refractivity contribution in [3.8, 4) is 0 Å². The van der Waals surface area contributed by atoms with Crippen LogP contribution in [0.15, 0.2) is 60.7 Å². The molecule has 2 aromatic carbocycles. The monoisotopic (exact) mass is 332 g/mol. The van der Waals surface area contributed by atoms with E-state index in [4.69, 9.17) is 10.5 Å². The van der Waals surface area contributed by atoms with Crippen molar-refractivity contribution in [1.82, 2.24) is 4.90 Å². The zero-order valence-electron chi connectivity index (χ0n) is 12.8. The first-order valence-electron chi connectivity index (χ1n) is 7.51. The number of carbonyl (C=O) groups is 1. The second-order valence-electron chi connectivity index (χ2n) is 5.44. The number of rotatable bonds is 3. The maximum absolute atomic E-state index is 12.6. The van der Waals surface area contributed by atoms with E-state index in [1.54, 1.807) is 4.90 Å². The molecular weight excluding hydrogens is 312 g/mol. The third-order valence-corrected chi connectivity index (χ3v) is 3.97. The number of hydrogen-bond donors (Lipinski definition) is 1. The lowest BCUT2D eigenvalue weighted by molar-refractivity contribution is -0.140. The molecule has 4 nitrogen and oxygen atoms in total. The molecule has 3 rings (SSSR count). The lowest BCUT2D eigenvalue weighted by Crippen LogP contribution is -2.46. The van der Waals surface area contributed by atoms with Gasteiger partial charge in [0.2, 0.25) is 5.91 Å². The van der Waals surface area contributed by atoms with Gasteiger partial charge >= 0.3 is 0 Å². The van der Waals surface area contributed by atoms with E-state index in [0.29, 0.717) is 19.7 Å². The smallest absolute Gasteiger partial charge is 0.244 e. The molecule has 122 valence electrons. The van der Waals surface area contributed by atoms with E-state index in [-0.39, 0.29) is 24.4 Å². The highest BCUT2D eigenvalue weighted by atomic mass is 35.5. The Hall–Kier alpha value is -1.88. The van der Waals surface area contributed by atoms with Crippen molar-refractivity contribution < 1.29 is 9.53 Å². The summed E-state index contributed by atoms with van der Waals surface area (Å²) in [6, 6.07) is 18.9. The van der Waals surface area contributed by atoms with Crippen LogP contribution >= 0.6 is 12.4 Å². The summed E-state index contributed by atoms with van der Waals surface area (Å²) in [6.45, 7) is 1.67. The fourth-order valence-corrected chi connectivity index (χ4v) is 2.72. The van der Waals surface area contributed by atoms with Crippen molar-refractivity contribution in [3.05, 3.63) is 71.8 Å². The van der Waals surface area contributed by atoms with Gasteiger partial charge in [-0.05, 0) is 11.1 Å². The van der Waals surface area contributed by atoms with E-state index in [1.165, 1.54) is 0 Å². The number of halogens is 1. The lowest BCUT2D eigenvalue weighted by atomic mass is 10.0. The second-order valence-corrected chi connectivity index (χ2v) is 5.44. The largest absolute Gasteiger partial charge is 0.370 e. The molecular formula is C18H21ClN2O2. The van der Waals surface area contributed by atoms with Gasteiger partial charge < -0.3 is 15.4 Å². The van der Waals surface area contributed by atoms with E-state index in [2.05, 4.69) is 0 Å². The molecule has 0 spiro atoms. The molecule has 0 saturated carbocycles. The summed E-state index contributed by atoms with van der Waals surface area (Å²) in [4.78, 5) is 14.4. The number of amides is 1. The van der Waals surface area contributed by atoms with E-state index in [0.717, 1.165) is 11.1 Å². The van der Waals surface area contributed by atoms with Crippen molar-refractivity contribution >= 4 is 18.3 Å². The summed E-state index contributed by atoms with van der Waals surface area (Å²) < 4.78 is 5.80. The van der Waals surface area contributed by atoms with Crippen LogP contribution in [-0.4, -0.2) is 30.5 Å². The number of nitrogens with zero attached hydrogens (tertiary/aromatic N) is 1. The maximum atomic E-state index is 12.6. The Bertz CT molecular complexity index is 621. The molecule has 0 aromatic heterocycles. The minimum Gasteiger partial charge on any atom is -0.370 e. The van der Waals surface area contributed by atoms with E-state index >= 15 is 0 Å². The third kappa shape index (κ3) is 4.10. The molecule has 2 aromatic rings. The quantitative estimate of drug-likeness (QED) is 0.940. The van der Waals surface area contributed by atoms with E-state index in [9.17, 15) is 4.79 Å². The zero-order valence-corrected chi connectivity index (χ0v) is 13.6. The van der Waals surface area contributed by atoms with Crippen LogP contribution in [0.1, 0.15) is 23.3 Å². The molecule has 1 aliphatic rings. The Morgan fingerprint density at radius 2 is 1.70 bits per heavy atom. The van der Waals surface area contributed by atoms with Crippen LogP contribution in [-0.2, 0) is 9.53 Å². The first-order valence-corrected chi connectivity index (χ1v) is 7.51. The van der Waals surface area contributed by atoms with Gasteiger partial charge in [-0.15, -0.1) is 12.4 Å². The number of benzene rings is 2. The van der Waals surface area contributed by atoms with Gasteiger partial charge in [0.1, 0.15) is 12.1 Å². The minimum absolute atomic E-state index is 0. The van der Waals surface area contributed by atoms with Gasteiger partial charge in [-0.25, -0.2) is 0 Å². The van der Waals surface area contributed by atoms with Crippen molar-refractivity contribution in [2.75, 3.05) is 19.7 Å². The summed E-state index contributed by atoms with van der Waals surface area (Å²) in [5.41, 5.74) is 8.06. The van der Waals surface area contributed by atoms with Gasteiger partial charge in [-0.1, -0.05) is 60.7 Å². The SMILES string of the molecule is Cl.NC(C(=O)N1CCOC(c2ccccc2)C1)c1ccccc1. The van der Waals surface area contributed by atoms with Crippen LogP contribution in [0.25, 0.3) is 0 Å². The van der Waals surface area contributed by atoms with Gasteiger partial charge in [0.05, 0.1) is 13.2 Å². The Morgan fingerprint density at radius 3 is 2.35 bits per heavy atom. The average molecular weight is 333 g/mol. The standard InChI is InChI=1S/C18H20N2O2.ClH/c19-17(15-9-5-2-6-10-15)18(21)20-11-12-22-16(13-20)14-7-3-1-4-8-14;/h1-10,16-17H,11-13,19H2;1H. The number of carbonyl (C=O) groups excluding carboxylic acids is 1. The summed E-state index contributed by atoms with van der Waals surface area (Å²) in [6.07, 6.45) is -0.0816. The highest BCUT2D eigenvalue weighted by Gasteiger charge is 2.28. The van der Waals surface area contributed by atoms with Crippen molar-refractivity contribution in [2.24, 2.45) is 5.73 Å². The molecule has 2 unspecified atom stereocenters. The highest BCUT2D eigenvalue weighted by Crippen LogP contribution is 2.24. The molecule has 1 fully saturated rings. The van der Waals surface area contributed by atoms with Gasteiger partial charge in [0, 0.05) is 6.54 Å². The number of ether oxygens (including phenoxy) is 1. The maximum Gasteiger partial charge on any atom is 0.244 e. The molecule has 0 aliphatic carbocycles. The molecule has 1 amide bonds. The molecule has 0 radical (unpaired) electrons. The zero-order chi connectivity index (χ0) is 15.4. The average Bonchev–Trinajstić information content (AvgIpc) is 2.62. The summed E-state index contributed by atoms with van der Waals surface area (Å²) in [5, 5.41) is 0. The minimum atomic E-state index is -0.615. The molecule has 5 heteroatoms. The number of nitrogens with two attached hydrogens (primary N) is 1. The molecule has 2 atom stereocenters. The van der Waals surface area contributed by atoms with Gasteiger partial charge in [0.15, 0.2) is 0 Å². The van der Waals surface area contributed by atoms with Crippen molar-refractivity contribution in [3.63, 3.8) is 0 Å². The fourth-order valence-electron chi connectivity index (χ4n) is 2.72. The van der Waals surface area contributed by atoms with Crippen LogP contribution in [0.2, 0.25) is 0 Å². The van der Waals surface area contributed by atoms with Crippen LogP contribution in [0.4, 0.5) is 0 Å². The van der Waals surface area contributed by atoms with Crippen molar-refractivity contribution in [2.45, 2.75) is 12.1 Å². The van der Waals surface area contributed by atoms with E-state index < -0.39 is 6.04 Å². The second kappa shape index (κ2) is 8.11. The molecule has 1 saturated heterocycles. The lowest BCUT2D eigenvalue weighted by Gasteiger charge is -2.34. The first-order chi connectivity index (χ1) is 10.8. The van der Waals surface area contributed by atoms with Crippen LogP contribution in [0, 0.1) is 0 Å². The number of morpholine rings is 1. The predicted molar refractivity (Wildman–Crippen MR) is 92.3 cm³/mol. The molecule has 1 heterocycles. The molecule has 2 N–H and O–H groups in total. The Kier molecular flexibility index (Phi) is 6.16. The Morgan fingerprint density at radius 1 is 1.09 bits per heavy atom. The van der Waals surface area contributed by atoms with Gasteiger partial charge in [-0.2, -0.15) is 0 Å². The molecule has 0 bridgehead atoms. The van der Waals surface area contributed by atoms with Gasteiger partial charge in [0.25, 0.3) is 0 Å². The number of hydrogen-bond acceptors (Lipinski definition) is 3. The molecule has 1 aliphatic heterocycles. The summed E-state index contributed by atoms with van der Waals surface area (Å²) >= 11 is 0. The normalized spacial score (nSPS) is 18.8. The highest BCUT2D eigenvalue weighted by molar-refractivity contribution is 5.85. The van der Waals surface area contributed by atoms with Crippen molar-refractivity contribution in [1.29, 1.82) is 0 Å². The van der Waals surface area contributed by atoms with Crippen LogP contribution in [0.5, 0.6) is 0 Å². The Balaban J connectivity index is 0.00000192. The van der Waals surface area contributed by atoms with Crippen LogP contribution < -0.4 is 5.73 Å². The molecule has 23 heavy (non-hydrogen) atoms. The third-order valence-electron chi connectivity index (χ3n) is 3.97. The van der Waals surface area contributed by atoms with Crippen LogP contribution in [0.3, 0.4) is 0 Å². The topological polar surface area (TPSA) is 55.6 Å². The Labute approximate surface area is 142 Å². The summed E-state index contributed by atoms with van der Waals surface area (Å²) in [7, 11) is 0. The first kappa shape index (κ1) is 17.5. The fraction of sp³-hybridized carbons (Fsp3) is 0.278. The predicted octanol–water partition coefficient (Wildman–Crippen LogP) is 2.71. The summed E-state index contributed by atoms with van der Waals surface area (Å²) in [5.74, 6) is -0.0459. The van der Waals surface area contributed by atoms with E-state index in [1.807, 2.05) is 60.7 Å². The van der Waals surface area contributed by atoms with Gasteiger partial charge in [-0.3, -0.25) is 4.79 Å².